The molecule has 0 saturated carbocycles. The Balaban J connectivity index is 0. The van der Waals surface area contributed by atoms with E-state index in [1.807, 2.05) is 0 Å². The topological polar surface area (TPSA) is 200 Å². The van der Waals surface area contributed by atoms with Crippen LogP contribution in [0.2, 0.25) is 0 Å². The Morgan fingerprint density at radius 1 is 0.222 bits per heavy atom. The Morgan fingerprint density at radius 2 is 0.222 bits per heavy atom. The third-order valence-electron chi connectivity index (χ3n) is 0. The van der Waals surface area contributed by atoms with E-state index in [-0.39, 0.29) is 79.2 Å². The van der Waals surface area contributed by atoms with Crippen LogP contribution >= 0.6 is 0 Å². The Hall–Kier alpha value is 1.04. The smallest absolute Gasteiger partial charge is 2.00 e. The number of hydrogen-bond donors (Lipinski definition) is 0. The van der Waals surface area contributed by atoms with Gasteiger partial charge in [-0.25, -0.2) is 0 Å². The van der Waals surface area contributed by atoms with Crippen LogP contribution in [-0.2, 0) is 79.2 Å². The van der Waals surface area contributed by atoms with E-state index in [0.717, 1.165) is 0 Å². The summed E-state index contributed by atoms with van der Waals surface area (Å²) in [5.74, 6) is 0. The second kappa shape index (κ2) is 536. The second-order valence-corrected chi connectivity index (χ2v) is 0. The maximum absolute atomic E-state index is 0. The summed E-state index contributed by atoms with van der Waals surface area (Å²) in [7, 11) is 0. The minimum Gasteiger partial charge on any atom is -2.00 e. The molecule has 0 bridgehead atoms. The van der Waals surface area contributed by atoms with Crippen molar-refractivity contribution in [2.75, 3.05) is 0 Å². The average Bonchev–Trinajstić information content (AvgIpc) is 0. The van der Waals surface area contributed by atoms with Gasteiger partial charge in [0.2, 0.25) is 0 Å². The third-order valence-corrected chi connectivity index (χ3v) is 0. The zero-order valence-electron chi connectivity index (χ0n) is 3.61. The fraction of sp³-hybridized carbons (Fsp3) is 0. The Bertz CT molecular complexity index is 6.88. The molecule has 0 rings (SSSR count). The minimum absolute atomic E-state index is 0. The van der Waals surface area contributed by atoms with Crippen molar-refractivity contribution in [1.82, 2.24) is 0 Å². The molecular formula is O7Re2. The fourth-order valence-electron chi connectivity index (χ4n) is 0. The van der Waals surface area contributed by atoms with Crippen LogP contribution in [0.15, 0.2) is 0 Å². The quantitative estimate of drug-likeness (QED) is 0.413. The van der Waals surface area contributed by atoms with E-state index >= 15 is 0 Å². The van der Waals surface area contributed by atoms with Crippen LogP contribution in [-0.4, -0.2) is 0 Å². The SMILES string of the molecule is [O-2].[O-2].[O-2].[O-2].[O-2].[O-2].[O-2].[Re+7].[Re+7]. The molecule has 0 aromatic heterocycles. The summed E-state index contributed by atoms with van der Waals surface area (Å²) in [5.41, 5.74) is 0. The standard InChI is InChI=1S/7O.2Re/q7*-2;2*+7. The molecule has 0 aliphatic rings. The van der Waals surface area contributed by atoms with Crippen molar-refractivity contribution in [3.8, 4) is 0 Å². The predicted octanol–water partition coefficient (Wildman–Crippen LogP) is -0.837. The minimum atomic E-state index is 0. The first kappa shape index (κ1) is 753. The summed E-state index contributed by atoms with van der Waals surface area (Å²) in [6, 6.07) is 0. The Morgan fingerprint density at radius 3 is 0.222 bits per heavy atom. The summed E-state index contributed by atoms with van der Waals surface area (Å²) in [6.07, 6.45) is 0. The summed E-state index contributed by atoms with van der Waals surface area (Å²) in [6.45, 7) is 0. The summed E-state index contributed by atoms with van der Waals surface area (Å²) < 4.78 is 0. The second-order valence-electron chi connectivity index (χ2n) is 0. The van der Waals surface area contributed by atoms with Crippen LogP contribution < -0.4 is 0 Å². The van der Waals surface area contributed by atoms with Crippen molar-refractivity contribution in [2.45, 2.75) is 0 Å². The Labute approximate surface area is 79.3 Å². The first-order valence-electron chi connectivity index (χ1n) is 0. The number of rotatable bonds is 0. The van der Waals surface area contributed by atoms with Crippen LogP contribution in [0, 0.1) is 0 Å². The molecule has 0 aliphatic heterocycles. The zero-order valence-corrected chi connectivity index (χ0v) is 9.05. The summed E-state index contributed by atoms with van der Waals surface area (Å²) in [4.78, 5) is 0. The molecule has 0 atom stereocenters. The molecule has 0 N–H and O–H groups in total. The molecule has 9 heteroatoms. The van der Waals surface area contributed by atoms with Gasteiger partial charge in [-0.1, -0.05) is 0 Å². The van der Waals surface area contributed by atoms with Gasteiger partial charge in [0.05, 0.1) is 0 Å². The monoisotopic (exact) mass is 486 g/mol. The maximum Gasteiger partial charge on any atom is 7.00 e. The predicted molar refractivity (Wildman–Crippen MR) is 4.81 cm³/mol. The van der Waals surface area contributed by atoms with Crippen LogP contribution in [0.25, 0.3) is 0 Å². The molecular weight excluding hydrogens is 484 g/mol. The molecule has 0 amide bonds. The molecule has 7 nitrogen and oxygen atoms in total. The van der Waals surface area contributed by atoms with E-state index in [1.165, 1.54) is 0 Å². The molecule has 9 heavy (non-hydrogen) atoms. The van der Waals surface area contributed by atoms with E-state index < -0.39 is 0 Å². The molecule has 0 spiro atoms. The summed E-state index contributed by atoms with van der Waals surface area (Å²) in [5, 5.41) is 0. The molecule has 0 fully saturated rings. The zero-order chi connectivity index (χ0) is 0. The van der Waals surface area contributed by atoms with E-state index in [0.29, 0.717) is 0 Å². The average molecular weight is 484 g/mol. The van der Waals surface area contributed by atoms with Gasteiger partial charge in [-0.2, -0.15) is 0 Å². The van der Waals surface area contributed by atoms with Gasteiger partial charge in [0.1, 0.15) is 0 Å². The molecule has 0 saturated heterocycles. The molecule has 0 aliphatic carbocycles. The van der Waals surface area contributed by atoms with Crippen LogP contribution in [0.4, 0.5) is 0 Å². The first-order chi connectivity index (χ1) is 0. The Kier molecular flexibility index (Phi) is 44900. The number of hydrogen-bond acceptors (Lipinski definition) is 0. The maximum atomic E-state index is 0. The molecule has 0 radical (unpaired) electrons. The van der Waals surface area contributed by atoms with Gasteiger partial charge in [0, 0.05) is 0 Å². The van der Waals surface area contributed by atoms with Crippen LogP contribution in [0.3, 0.4) is 0 Å². The van der Waals surface area contributed by atoms with E-state index in [9.17, 15) is 0 Å². The van der Waals surface area contributed by atoms with Gasteiger partial charge in [-0.15, -0.1) is 0 Å². The van der Waals surface area contributed by atoms with Crippen molar-refractivity contribution < 1.29 is 79.2 Å². The third kappa shape index (κ3) is 411. The molecule has 56 valence electrons. The van der Waals surface area contributed by atoms with Crippen molar-refractivity contribution in [2.24, 2.45) is 0 Å². The summed E-state index contributed by atoms with van der Waals surface area (Å²) >= 11 is 0. The van der Waals surface area contributed by atoms with Crippen molar-refractivity contribution in [1.29, 1.82) is 0 Å². The molecule has 0 unspecified atom stereocenters. The van der Waals surface area contributed by atoms with Crippen molar-refractivity contribution in [3.63, 3.8) is 0 Å². The van der Waals surface area contributed by atoms with Crippen LogP contribution in [0.5, 0.6) is 0 Å². The largest absolute Gasteiger partial charge is 7.00 e. The van der Waals surface area contributed by atoms with Crippen molar-refractivity contribution >= 4 is 0 Å². The van der Waals surface area contributed by atoms with E-state index in [1.54, 1.807) is 0 Å². The van der Waals surface area contributed by atoms with Gasteiger partial charge in [0.15, 0.2) is 0 Å². The normalized spacial score (nSPS) is 0. The van der Waals surface area contributed by atoms with Gasteiger partial charge >= 0.3 is 40.8 Å². The fourth-order valence-corrected chi connectivity index (χ4v) is 0. The van der Waals surface area contributed by atoms with Gasteiger partial charge < -0.3 is 38.3 Å². The van der Waals surface area contributed by atoms with Gasteiger partial charge in [-0.05, 0) is 0 Å². The van der Waals surface area contributed by atoms with Crippen molar-refractivity contribution in [3.05, 3.63) is 0 Å². The van der Waals surface area contributed by atoms with Gasteiger partial charge in [-0.3, -0.25) is 0 Å². The van der Waals surface area contributed by atoms with Crippen LogP contribution in [0.1, 0.15) is 0 Å². The first-order valence-corrected chi connectivity index (χ1v) is 0. The van der Waals surface area contributed by atoms with E-state index in [4.69, 9.17) is 0 Å². The molecule has 0 aromatic carbocycles. The van der Waals surface area contributed by atoms with E-state index in [2.05, 4.69) is 0 Å². The van der Waals surface area contributed by atoms with Gasteiger partial charge in [0.25, 0.3) is 0 Å². The molecule has 0 heterocycles. The molecule has 0 aromatic rings.